The van der Waals surface area contributed by atoms with Gasteiger partial charge in [0.15, 0.2) is 0 Å². The molecule has 16 heavy (non-hydrogen) atoms. The maximum atomic E-state index is 11.6. The van der Waals surface area contributed by atoms with E-state index in [0.29, 0.717) is 11.8 Å². The van der Waals surface area contributed by atoms with E-state index in [1.54, 1.807) is 6.07 Å². The predicted molar refractivity (Wildman–Crippen MR) is 61.7 cm³/mol. The molecule has 1 atom stereocenters. The van der Waals surface area contributed by atoms with Crippen molar-refractivity contribution in [2.75, 3.05) is 13.1 Å². The summed E-state index contributed by atoms with van der Waals surface area (Å²) in [5, 5.41) is 3.30. The second-order valence-electron chi connectivity index (χ2n) is 4.87. The smallest absolute Gasteiger partial charge is 0.251 e. The van der Waals surface area contributed by atoms with Crippen molar-refractivity contribution < 1.29 is 0 Å². The molecular formula is C12H17N3O. The number of hydrogen-bond donors (Lipinski definition) is 2. The summed E-state index contributed by atoms with van der Waals surface area (Å²) in [4.78, 5) is 19.1. The van der Waals surface area contributed by atoms with E-state index in [9.17, 15) is 4.79 Å². The minimum atomic E-state index is 0.0128. The van der Waals surface area contributed by atoms with Crippen LogP contribution >= 0.6 is 0 Å². The highest BCUT2D eigenvalue weighted by Gasteiger charge is 2.24. The fourth-order valence-corrected chi connectivity index (χ4v) is 2.49. The van der Waals surface area contributed by atoms with Crippen molar-refractivity contribution in [2.24, 2.45) is 0 Å². The number of hydrogen-bond acceptors (Lipinski definition) is 3. The number of aromatic amines is 1. The van der Waals surface area contributed by atoms with Crippen molar-refractivity contribution >= 4 is 0 Å². The van der Waals surface area contributed by atoms with Crippen LogP contribution in [0.2, 0.25) is 0 Å². The minimum absolute atomic E-state index is 0.0128. The van der Waals surface area contributed by atoms with Gasteiger partial charge in [-0.05, 0) is 25.8 Å². The van der Waals surface area contributed by atoms with Crippen LogP contribution in [-0.2, 0) is 0 Å². The lowest BCUT2D eigenvalue weighted by Gasteiger charge is -2.25. The first kappa shape index (κ1) is 10.0. The summed E-state index contributed by atoms with van der Waals surface area (Å²) >= 11 is 0. The fourth-order valence-electron chi connectivity index (χ4n) is 2.49. The Bertz CT molecular complexity index is 430. The van der Waals surface area contributed by atoms with Crippen LogP contribution in [0.1, 0.15) is 49.0 Å². The van der Waals surface area contributed by atoms with Crippen molar-refractivity contribution in [1.82, 2.24) is 15.3 Å². The Morgan fingerprint density at radius 2 is 2.12 bits per heavy atom. The van der Waals surface area contributed by atoms with Gasteiger partial charge in [0, 0.05) is 24.4 Å². The van der Waals surface area contributed by atoms with Gasteiger partial charge in [-0.1, -0.05) is 6.42 Å². The summed E-state index contributed by atoms with van der Waals surface area (Å²) in [6.07, 6.45) is 4.74. The van der Waals surface area contributed by atoms with E-state index in [0.717, 1.165) is 31.0 Å². The zero-order valence-electron chi connectivity index (χ0n) is 9.33. The number of aromatic nitrogens is 2. The van der Waals surface area contributed by atoms with E-state index in [-0.39, 0.29) is 5.56 Å². The van der Waals surface area contributed by atoms with Crippen LogP contribution in [0.5, 0.6) is 0 Å². The maximum absolute atomic E-state index is 11.6. The van der Waals surface area contributed by atoms with Gasteiger partial charge in [-0.25, -0.2) is 4.98 Å². The molecule has 2 aliphatic rings. The molecule has 2 heterocycles. The fraction of sp³-hybridized carbons (Fsp3) is 0.667. The molecule has 4 nitrogen and oxygen atoms in total. The quantitative estimate of drug-likeness (QED) is 0.783. The highest BCUT2D eigenvalue weighted by atomic mass is 16.1. The molecule has 0 radical (unpaired) electrons. The number of rotatable bonds is 2. The Hall–Kier alpha value is -1.16. The van der Waals surface area contributed by atoms with Crippen molar-refractivity contribution in [3.8, 4) is 0 Å². The third-order valence-corrected chi connectivity index (χ3v) is 3.75. The molecule has 0 amide bonds. The number of nitrogens with zero attached hydrogens (tertiary/aromatic N) is 1. The molecule has 1 saturated carbocycles. The van der Waals surface area contributed by atoms with Gasteiger partial charge < -0.3 is 10.3 Å². The van der Waals surface area contributed by atoms with Crippen LogP contribution in [-0.4, -0.2) is 23.1 Å². The minimum Gasteiger partial charge on any atom is -0.316 e. The lowest BCUT2D eigenvalue weighted by molar-refractivity contribution is 0.408. The SMILES string of the molecule is O=c1cc(C2CCC2)nc(C2CCNC2)[nH]1. The summed E-state index contributed by atoms with van der Waals surface area (Å²) in [6.45, 7) is 1.97. The molecule has 2 fully saturated rings. The van der Waals surface area contributed by atoms with Crippen LogP contribution in [0.15, 0.2) is 10.9 Å². The molecule has 2 N–H and O–H groups in total. The predicted octanol–water partition coefficient (Wildman–Crippen LogP) is 1.11. The van der Waals surface area contributed by atoms with E-state index in [4.69, 9.17) is 0 Å². The molecule has 1 unspecified atom stereocenters. The van der Waals surface area contributed by atoms with Crippen LogP contribution < -0.4 is 10.9 Å². The summed E-state index contributed by atoms with van der Waals surface area (Å²) in [5.74, 6) is 1.82. The second kappa shape index (κ2) is 4.01. The van der Waals surface area contributed by atoms with Crippen molar-refractivity contribution in [3.63, 3.8) is 0 Å². The number of nitrogens with one attached hydrogen (secondary N) is 2. The molecule has 1 aliphatic heterocycles. The van der Waals surface area contributed by atoms with Gasteiger partial charge >= 0.3 is 0 Å². The van der Waals surface area contributed by atoms with Gasteiger partial charge in [0.25, 0.3) is 5.56 Å². The standard InChI is InChI=1S/C12H17N3O/c16-11-6-10(8-2-1-3-8)14-12(15-11)9-4-5-13-7-9/h6,8-9,13H,1-5,7H2,(H,14,15,16). The van der Waals surface area contributed by atoms with Crippen molar-refractivity contribution in [2.45, 2.75) is 37.5 Å². The first-order valence-corrected chi connectivity index (χ1v) is 6.15. The molecule has 1 saturated heterocycles. The van der Waals surface area contributed by atoms with E-state index < -0.39 is 0 Å². The molecule has 1 aromatic rings. The zero-order chi connectivity index (χ0) is 11.0. The molecule has 86 valence electrons. The van der Waals surface area contributed by atoms with Crippen LogP contribution in [0, 0.1) is 0 Å². The summed E-state index contributed by atoms with van der Waals surface area (Å²) in [7, 11) is 0. The van der Waals surface area contributed by atoms with E-state index in [1.165, 1.54) is 19.3 Å². The average molecular weight is 219 g/mol. The Labute approximate surface area is 94.5 Å². The lowest BCUT2D eigenvalue weighted by atomic mass is 9.83. The Morgan fingerprint density at radius 3 is 2.75 bits per heavy atom. The highest BCUT2D eigenvalue weighted by Crippen LogP contribution is 2.35. The Kier molecular flexibility index (Phi) is 2.52. The molecule has 0 aromatic carbocycles. The molecule has 1 aliphatic carbocycles. The van der Waals surface area contributed by atoms with Gasteiger partial charge in [0.1, 0.15) is 5.82 Å². The molecule has 4 heteroatoms. The van der Waals surface area contributed by atoms with Gasteiger partial charge in [-0.3, -0.25) is 4.79 Å². The third kappa shape index (κ3) is 1.78. The molecule has 0 bridgehead atoms. The van der Waals surface area contributed by atoms with Gasteiger partial charge in [0.2, 0.25) is 0 Å². The van der Waals surface area contributed by atoms with Crippen LogP contribution in [0.3, 0.4) is 0 Å². The normalized spacial score (nSPS) is 25.6. The van der Waals surface area contributed by atoms with Crippen molar-refractivity contribution in [3.05, 3.63) is 27.9 Å². The lowest BCUT2D eigenvalue weighted by Crippen LogP contribution is -2.20. The van der Waals surface area contributed by atoms with Gasteiger partial charge in [-0.15, -0.1) is 0 Å². The first-order chi connectivity index (χ1) is 7.83. The van der Waals surface area contributed by atoms with Crippen LogP contribution in [0.4, 0.5) is 0 Å². The zero-order valence-corrected chi connectivity index (χ0v) is 9.33. The monoisotopic (exact) mass is 219 g/mol. The van der Waals surface area contributed by atoms with E-state index >= 15 is 0 Å². The Morgan fingerprint density at radius 1 is 1.25 bits per heavy atom. The van der Waals surface area contributed by atoms with E-state index in [2.05, 4.69) is 15.3 Å². The Balaban J connectivity index is 1.91. The second-order valence-corrected chi connectivity index (χ2v) is 4.87. The topological polar surface area (TPSA) is 57.8 Å². The largest absolute Gasteiger partial charge is 0.316 e. The van der Waals surface area contributed by atoms with Crippen molar-refractivity contribution in [1.29, 1.82) is 0 Å². The molecule has 1 aromatic heterocycles. The molecule has 0 spiro atoms. The van der Waals surface area contributed by atoms with E-state index in [1.807, 2.05) is 0 Å². The van der Waals surface area contributed by atoms with Gasteiger partial charge in [0.05, 0.1) is 5.69 Å². The highest BCUT2D eigenvalue weighted by molar-refractivity contribution is 5.13. The summed E-state index contributed by atoms with van der Waals surface area (Å²) in [5.41, 5.74) is 1.02. The maximum Gasteiger partial charge on any atom is 0.251 e. The average Bonchev–Trinajstić information content (AvgIpc) is 2.66. The van der Waals surface area contributed by atoms with Crippen LogP contribution in [0.25, 0.3) is 0 Å². The van der Waals surface area contributed by atoms with Gasteiger partial charge in [-0.2, -0.15) is 0 Å². The molecule has 3 rings (SSSR count). The first-order valence-electron chi connectivity index (χ1n) is 6.15. The third-order valence-electron chi connectivity index (χ3n) is 3.75. The molecular weight excluding hydrogens is 202 g/mol. The summed E-state index contributed by atoms with van der Waals surface area (Å²) < 4.78 is 0. The number of H-pyrrole nitrogens is 1. The summed E-state index contributed by atoms with van der Waals surface area (Å²) in [6, 6.07) is 1.68.